The molecule has 20 heavy (non-hydrogen) atoms. The van der Waals surface area contributed by atoms with Gasteiger partial charge in [0.2, 0.25) is 0 Å². The molecular weight excluding hydrogens is 273 g/mol. The van der Waals surface area contributed by atoms with Crippen LogP contribution in [0.3, 0.4) is 0 Å². The van der Waals surface area contributed by atoms with E-state index in [2.05, 4.69) is 4.72 Å². The van der Waals surface area contributed by atoms with Gasteiger partial charge in [0.1, 0.15) is 21.5 Å². The van der Waals surface area contributed by atoms with E-state index < -0.39 is 11.0 Å². The van der Waals surface area contributed by atoms with Crippen molar-refractivity contribution in [2.24, 2.45) is 0 Å². The van der Waals surface area contributed by atoms with Gasteiger partial charge < -0.3 is 0 Å². The third kappa shape index (κ3) is 3.07. The van der Waals surface area contributed by atoms with Crippen LogP contribution in [0.15, 0.2) is 36.4 Å². The second kappa shape index (κ2) is 5.62. The van der Waals surface area contributed by atoms with Crippen molar-refractivity contribution in [1.82, 2.24) is 4.72 Å². The second-order valence-electron chi connectivity index (χ2n) is 6.00. The third-order valence-corrected chi connectivity index (χ3v) is 5.13. The molecule has 0 fully saturated rings. The van der Waals surface area contributed by atoms with E-state index in [1.807, 2.05) is 45.9 Å². The van der Waals surface area contributed by atoms with Gasteiger partial charge in [-0.3, -0.25) is 0 Å². The highest BCUT2D eigenvalue weighted by atomic mass is 32.2. The molecule has 2 aromatic carbocycles. The van der Waals surface area contributed by atoms with Crippen molar-refractivity contribution < 1.29 is 8.60 Å². The van der Waals surface area contributed by atoms with Gasteiger partial charge in [-0.05, 0) is 44.7 Å². The molecule has 0 aliphatic rings. The maximum atomic E-state index is 13.8. The summed E-state index contributed by atoms with van der Waals surface area (Å²) in [6.07, 6.45) is 0. The molecule has 2 aromatic rings. The van der Waals surface area contributed by atoms with Crippen molar-refractivity contribution in [2.75, 3.05) is 0 Å². The van der Waals surface area contributed by atoms with Gasteiger partial charge in [-0.25, -0.2) is 4.39 Å². The van der Waals surface area contributed by atoms with Crippen molar-refractivity contribution in [3.8, 4) is 0 Å². The van der Waals surface area contributed by atoms with Gasteiger partial charge in [0.25, 0.3) is 0 Å². The number of thiol groups is 1. The summed E-state index contributed by atoms with van der Waals surface area (Å²) < 4.78 is 28.9. The Kier molecular flexibility index (Phi) is 4.25. The Balaban J connectivity index is 2.38. The SMILES string of the molecule is C[C@@H](N[SH+](=O)C(C)(C)C)c1cccc2c(F)cccc12. The molecule has 0 spiro atoms. The van der Waals surface area contributed by atoms with Crippen LogP contribution in [-0.2, 0) is 15.2 Å². The van der Waals surface area contributed by atoms with E-state index in [0.29, 0.717) is 5.39 Å². The largest absolute Gasteiger partial charge is 0.206 e. The summed E-state index contributed by atoms with van der Waals surface area (Å²) in [6, 6.07) is 10.5. The summed E-state index contributed by atoms with van der Waals surface area (Å²) in [5.74, 6) is -0.225. The first-order valence-electron chi connectivity index (χ1n) is 6.71. The Morgan fingerprint density at radius 2 is 1.70 bits per heavy atom. The lowest BCUT2D eigenvalue weighted by atomic mass is 10.00. The van der Waals surface area contributed by atoms with Gasteiger partial charge in [-0.15, -0.1) is 4.72 Å². The van der Waals surface area contributed by atoms with Crippen LogP contribution in [0.1, 0.15) is 39.3 Å². The van der Waals surface area contributed by atoms with Gasteiger partial charge in [0, 0.05) is 5.39 Å². The number of halogens is 1. The molecule has 0 radical (unpaired) electrons. The van der Waals surface area contributed by atoms with E-state index in [9.17, 15) is 8.60 Å². The van der Waals surface area contributed by atoms with Gasteiger partial charge in [-0.2, -0.15) is 0 Å². The maximum absolute atomic E-state index is 13.8. The van der Waals surface area contributed by atoms with E-state index in [0.717, 1.165) is 10.9 Å². The van der Waals surface area contributed by atoms with Crippen molar-refractivity contribution in [1.29, 1.82) is 0 Å². The minimum atomic E-state index is -1.54. The van der Waals surface area contributed by atoms with Crippen LogP contribution in [0.25, 0.3) is 10.8 Å². The Labute approximate surface area is 122 Å². The molecule has 0 heterocycles. The molecule has 1 N–H and O–H groups in total. The molecule has 0 aromatic heterocycles. The van der Waals surface area contributed by atoms with Crippen molar-refractivity contribution in [3.05, 3.63) is 47.8 Å². The summed E-state index contributed by atoms with van der Waals surface area (Å²) in [6.45, 7) is 7.77. The highest BCUT2D eigenvalue weighted by molar-refractivity contribution is 7.84. The van der Waals surface area contributed by atoms with Crippen LogP contribution in [0.5, 0.6) is 0 Å². The van der Waals surface area contributed by atoms with Crippen LogP contribution in [0, 0.1) is 5.82 Å². The number of hydrogen-bond acceptors (Lipinski definition) is 1. The fourth-order valence-corrected chi connectivity index (χ4v) is 2.99. The minimum absolute atomic E-state index is 0.0941. The number of nitrogens with one attached hydrogen (secondary N) is 1. The minimum Gasteiger partial charge on any atom is -0.206 e. The fraction of sp³-hybridized carbons (Fsp3) is 0.375. The predicted octanol–water partition coefficient (Wildman–Crippen LogP) is 4.04. The van der Waals surface area contributed by atoms with E-state index in [-0.39, 0.29) is 16.6 Å². The van der Waals surface area contributed by atoms with E-state index >= 15 is 0 Å². The summed E-state index contributed by atoms with van der Waals surface area (Å²) in [5, 5.41) is 1.47. The summed E-state index contributed by atoms with van der Waals surface area (Å²) in [7, 11) is -1.54. The van der Waals surface area contributed by atoms with Crippen molar-refractivity contribution in [3.63, 3.8) is 0 Å². The second-order valence-corrected chi connectivity index (χ2v) is 8.19. The molecule has 2 atom stereocenters. The Morgan fingerprint density at radius 1 is 1.10 bits per heavy atom. The molecular formula is C16H21FNOS+. The number of benzene rings is 2. The highest BCUT2D eigenvalue weighted by Crippen LogP contribution is 2.27. The molecule has 0 bridgehead atoms. The van der Waals surface area contributed by atoms with Gasteiger partial charge in [0.15, 0.2) is 0 Å². The Hall–Kier alpha value is -1.26. The summed E-state index contributed by atoms with van der Waals surface area (Å²) >= 11 is 0. The summed E-state index contributed by atoms with van der Waals surface area (Å²) in [4.78, 5) is 0. The average molecular weight is 294 g/mol. The fourth-order valence-electron chi connectivity index (χ4n) is 2.11. The topological polar surface area (TPSA) is 29.1 Å². The molecule has 0 aliphatic heterocycles. The van der Waals surface area contributed by atoms with Crippen LogP contribution in [-0.4, -0.2) is 4.75 Å². The van der Waals surface area contributed by atoms with Crippen LogP contribution >= 0.6 is 0 Å². The quantitative estimate of drug-likeness (QED) is 0.672. The standard InChI is InChI=1S/C16H20FNOS/c1-11(18-20(19)16(2,3)4)12-7-5-9-14-13(12)8-6-10-15(14)17/h5-11H,1-4H3,(H,18,19)/p+1/t11-,20?/m1/s1. The zero-order chi connectivity index (χ0) is 14.9. The lowest BCUT2D eigenvalue weighted by Gasteiger charge is -2.18. The van der Waals surface area contributed by atoms with Crippen molar-refractivity contribution in [2.45, 2.75) is 38.5 Å². The third-order valence-electron chi connectivity index (χ3n) is 3.29. The Bertz CT molecular complexity index is 648. The highest BCUT2D eigenvalue weighted by Gasteiger charge is 2.28. The first kappa shape index (κ1) is 15.1. The molecule has 2 rings (SSSR count). The lowest BCUT2D eigenvalue weighted by molar-refractivity contribution is 0.556. The van der Waals surface area contributed by atoms with E-state index in [1.54, 1.807) is 12.1 Å². The normalized spacial score (nSPS) is 15.2. The molecule has 0 amide bonds. The molecule has 108 valence electrons. The molecule has 2 nitrogen and oxygen atoms in total. The van der Waals surface area contributed by atoms with Gasteiger partial charge >= 0.3 is 0 Å². The van der Waals surface area contributed by atoms with Crippen LogP contribution in [0.4, 0.5) is 4.39 Å². The van der Waals surface area contributed by atoms with Gasteiger partial charge in [-0.1, -0.05) is 34.5 Å². The average Bonchev–Trinajstić information content (AvgIpc) is 2.37. The molecule has 0 saturated carbocycles. The zero-order valence-electron chi connectivity index (χ0n) is 12.3. The first-order valence-corrected chi connectivity index (χ1v) is 7.97. The number of fused-ring (bicyclic) bond motifs is 1. The predicted molar refractivity (Wildman–Crippen MR) is 84.7 cm³/mol. The monoisotopic (exact) mass is 294 g/mol. The lowest BCUT2D eigenvalue weighted by Crippen LogP contribution is -2.34. The van der Waals surface area contributed by atoms with Crippen LogP contribution < -0.4 is 4.72 Å². The summed E-state index contributed by atoms with van der Waals surface area (Å²) in [5.41, 5.74) is 0.967. The number of rotatable bonds is 3. The zero-order valence-corrected chi connectivity index (χ0v) is 13.2. The van der Waals surface area contributed by atoms with Gasteiger partial charge in [0.05, 0.1) is 6.04 Å². The number of hydrogen-bond donors (Lipinski definition) is 1. The van der Waals surface area contributed by atoms with E-state index in [1.165, 1.54) is 6.07 Å². The Morgan fingerprint density at radius 3 is 2.35 bits per heavy atom. The van der Waals surface area contributed by atoms with Crippen molar-refractivity contribution >= 4 is 21.8 Å². The molecule has 1 unspecified atom stereocenters. The maximum Gasteiger partial charge on any atom is 0.147 e. The first-order chi connectivity index (χ1) is 9.30. The molecule has 0 aliphatic carbocycles. The van der Waals surface area contributed by atoms with Crippen LogP contribution in [0.2, 0.25) is 0 Å². The molecule has 0 saturated heterocycles. The molecule has 4 heteroatoms. The van der Waals surface area contributed by atoms with E-state index in [4.69, 9.17) is 0 Å². The smallest absolute Gasteiger partial charge is 0.147 e.